The third-order valence-corrected chi connectivity index (χ3v) is 4.75. The minimum atomic E-state index is -0.559. The van der Waals surface area contributed by atoms with Gasteiger partial charge in [0.05, 0.1) is 30.3 Å². The highest BCUT2D eigenvalue weighted by Crippen LogP contribution is 2.35. The lowest BCUT2D eigenvalue weighted by Gasteiger charge is -2.25. The molecule has 1 aromatic heterocycles. The molecular formula is C20H19N3O3. The molecule has 2 aromatic carbocycles. The minimum Gasteiger partial charge on any atom is -0.497 e. The van der Waals surface area contributed by atoms with Crippen molar-refractivity contribution in [2.24, 2.45) is 0 Å². The van der Waals surface area contributed by atoms with E-state index in [0.717, 1.165) is 11.3 Å². The van der Waals surface area contributed by atoms with Crippen molar-refractivity contribution in [2.45, 2.75) is 18.6 Å². The van der Waals surface area contributed by atoms with Gasteiger partial charge in [-0.15, -0.1) is 0 Å². The van der Waals surface area contributed by atoms with Crippen LogP contribution in [0.5, 0.6) is 5.75 Å². The summed E-state index contributed by atoms with van der Waals surface area (Å²) in [7, 11) is 1.61. The number of hydrogen-bond donors (Lipinski definition) is 1. The van der Waals surface area contributed by atoms with Crippen molar-refractivity contribution in [1.29, 1.82) is 0 Å². The van der Waals surface area contributed by atoms with Crippen molar-refractivity contribution in [2.75, 3.05) is 13.7 Å². The van der Waals surface area contributed by atoms with Crippen LogP contribution < -0.4 is 4.74 Å². The Morgan fingerprint density at radius 1 is 1.19 bits per heavy atom. The van der Waals surface area contributed by atoms with Crippen LogP contribution in [0.4, 0.5) is 0 Å². The molecule has 1 aliphatic rings. The number of aliphatic hydroxyl groups is 1. The molecule has 0 aliphatic carbocycles. The van der Waals surface area contributed by atoms with E-state index in [4.69, 9.17) is 4.74 Å². The first-order valence-corrected chi connectivity index (χ1v) is 8.50. The highest BCUT2D eigenvalue weighted by Gasteiger charge is 2.36. The number of carbonyl (C=O) groups is 1. The van der Waals surface area contributed by atoms with Gasteiger partial charge in [0.1, 0.15) is 11.3 Å². The van der Waals surface area contributed by atoms with Crippen LogP contribution in [0.25, 0.3) is 11.0 Å². The number of fused-ring (bicyclic) bond motifs is 1. The summed E-state index contributed by atoms with van der Waals surface area (Å²) in [6.45, 7) is 0.289. The summed E-state index contributed by atoms with van der Waals surface area (Å²) >= 11 is 0. The zero-order chi connectivity index (χ0) is 18.1. The second-order valence-corrected chi connectivity index (χ2v) is 6.37. The first-order chi connectivity index (χ1) is 12.7. The van der Waals surface area contributed by atoms with Crippen molar-refractivity contribution in [3.05, 3.63) is 66.0 Å². The summed E-state index contributed by atoms with van der Waals surface area (Å²) in [5, 5.41) is 10.2. The molecule has 1 amide bonds. The van der Waals surface area contributed by atoms with E-state index in [0.29, 0.717) is 23.0 Å². The number of carbonyl (C=O) groups excluding carboxylic acids is 1. The molecule has 0 bridgehead atoms. The minimum absolute atomic E-state index is 0.152. The first-order valence-electron chi connectivity index (χ1n) is 8.50. The Morgan fingerprint density at radius 2 is 2.00 bits per heavy atom. The summed E-state index contributed by atoms with van der Waals surface area (Å²) in [5.74, 6) is 0.577. The van der Waals surface area contributed by atoms with E-state index in [1.165, 1.54) is 0 Å². The predicted molar refractivity (Wildman–Crippen MR) is 96.9 cm³/mol. The van der Waals surface area contributed by atoms with E-state index in [-0.39, 0.29) is 18.5 Å². The molecular weight excluding hydrogens is 330 g/mol. The van der Waals surface area contributed by atoms with Crippen LogP contribution in [-0.2, 0) is 0 Å². The second kappa shape index (κ2) is 6.72. The molecule has 1 N–H and O–H groups in total. The molecule has 2 atom stereocenters. The Balaban J connectivity index is 1.73. The standard InChI is InChI=1S/C20H19N3O3/c1-26-15-5-2-4-13(10-15)18-11-14(24)12-23(18)20(25)16-6-3-7-17-19(16)22-9-8-21-17/h2-10,14,18,24H,11-12H2,1H3. The normalized spacial score (nSPS) is 19.7. The van der Waals surface area contributed by atoms with Gasteiger partial charge >= 0.3 is 0 Å². The molecule has 0 saturated carbocycles. The molecule has 26 heavy (non-hydrogen) atoms. The van der Waals surface area contributed by atoms with Crippen molar-refractivity contribution in [3.8, 4) is 5.75 Å². The quantitative estimate of drug-likeness (QED) is 0.787. The molecule has 1 saturated heterocycles. The molecule has 6 heteroatoms. The third kappa shape index (κ3) is 2.88. The second-order valence-electron chi connectivity index (χ2n) is 6.37. The average molecular weight is 349 g/mol. The lowest BCUT2D eigenvalue weighted by molar-refractivity contribution is 0.0717. The Bertz CT molecular complexity index is 954. The van der Waals surface area contributed by atoms with E-state index in [1.54, 1.807) is 36.5 Å². The fourth-order valence-electron chi connectivity index (χ4n) is 3.52. The van der Waals surface area contributed by atoms with E-state index < -0.39 is 6.10 Å². The number of aliphatic hydroxyl groups excluding tert-OH is 1. The smallest absolute Gasteiger partial charge is 0.256 e. The number of para-hydroxylation sites is 1. The Morgan fingerprint density at radius 3 is 2.85 bits per heavy atom. The van der Waals surface area contributed by atoms with E-state index in [9.17, 15) is 9.90 Å². The molecule has 1 aliphatic heterocycles. The molecule has 132 valence electrons. The largest absolute Gasteiger partial charge is 0.497 e. The molecule has 0 radical (unpaired) electrons. The summed E-state index contributed by atoms with van der Waals surface area (Å²) in [6, 6.07) is 12.8. The van der Waals surface area contributed by atoms with Gasteiger partial charge in [0.25, 0.3) is 5.91 Å². The van der Waals surface area contributed by atoms with Crippen LogP contribution in [0.3, 0.4) is 0 Å². The van der Waals surface area contributed by atoms with E-state index >= 15 is 0 Å². The third-order valence-electron chi connectivity index (χ3n) is 4.75. The molecule has 0 spiro atoms. The van der Waals surface area contributed by atoms with Crippen molar-refractivity contribution in [1.82, 2.24) is 14.9 Å². The topological polar surface area (TPSA) is 75.6 Å². The molecule has 1 fully saturated rings. The average Bonchev–Trinajstić information content (AvgIpc) is 3.09. The Kier molecular flexibility index (Phi) is 4.26. The number of β-amino-alcohol motifs (C(OH)–C–C–N with tert-alkyl or cyclic N) is 1. The van der Waals surface area contributed by atoms with Gasteiger partial charge in [0, 0.05) is 18.9 Å². The van der Waals surface area contributed by atoms with Crippen molar-refractivity contribution >= 4 is 16.9 Å². The van der Waals surface area contributed by atoms with Crippen LogP contribution >= 0.6 is 0 Å². The van der Waals surface area contributed by atoms with Gasteiger partial charge in [0.15, 0.2) is 0 Å². The van der Waals surface area contributed by atoms with Crippen LogP contribution in [0.1, 0.15) is 28.4 Å². The van der Waals surface area contributed by atoms with Gasteiger partial charge in [-0.05, 0) is 36.2 Å². The lowest BCUT2D eigenvalue weighted by atomic mass is 10.0. The number of likely N-dealkylation sites (tertiary alicyclic amines) is 1. The van der Waals surface area contributed by atoms with Gasteiger partial charge in [0.2, 0.25) is 0 Å². The summed E-state index contributed by atoms with van der Waals surface area (Å²) < 4.78 is 5.30. The summed E-state index contributed by atoms with van der Waals surface area (Å²) in [5.41, 5.74) is 2.69. The van der Waals surface area contributed by atoms with E-state index in [2.05, 4.69) is 9.97 Å². The number of ether oxygens (including phenoxy) is 1. The van der Waals surface area contributed by atoms with E-state index in [1.807, 2.05) is 30.3 Å². The van der Waals surface area contributed by atoms with Gasteiger partial charge < -0.3 is 14.7 Å². The maximum atomic E-state index is 13.3. The zero-order valence-corrected chi connectivity index (χ0v) is 14.4. The summed E-state index contributed by atoms with van der Waals surface area (Å²) in [4.78, 5) is 23.6. The molecule has 4 rings (SSSR count). The van der Waals surface area contributed by atoms with Crippen LogP contribution in [0, 0.1) is 0 Å². The van der Waals surface area contributed by atoms with Gasteiger partial charge in [-0.25, -0.2) is 0 Å². The molecule has 6 nitrogen and oxygen atoms in total. The van der Waals surface area contributed by atoms with Crippen LogP contribution in [-0.4, -0.2) is 45.6 Å². The Labute approximate surface area is 151 Å². The van der Waals surface area contributed by atoms with Gasteiger partial charge in [-0.2, -0.15) is 0 Å². The van der Waals surface area contributed by atoms with Gasteiger partial charge in [-0.1, -0.05) is 18.2 Å². The molecule has 2 heterocycles. The zero-order valence-electron chi connectivity index (χ0n) is 14.4. The predicted octanol–water partition coefficient (Wildman–Crippen LogP) is 2.59. The van der Waals surface area contributed by atoms with Crippen LogP contribution in [0.15, 0.2) is 54.9 Å². The first kappa shape index (κ1) is 16.5. The van der Waals surface area contributed by atoms with Crippen molar-refractivity contribution < 1.29 is 14.6 Å². The summed E-state index contributed by atoms with van der Waals surface area (Å²) in [6.07, 6.45) is 3.12. The number of hydrogen-bond acceptors (Lipinski definition) is 5. The highest BCUT2D eigenvalue weighted by atomic mass is 16.5. The number of benzene rings is 2. The number of amides is 1. The fourth-order valence-corrected chi connectivity index (χ4v) is 3.52. The maximum Gasteiger partial charge on any atom is 0.256 e. The number of aromatic nitrogens is 2. The number of rotatable bonds is 3. The molecule has 2 unspecified atom stereocenters. The number of nitrogens with zero attached hydrogens (tertiary/aromatic N) is 3. The fraction of sp³-hybridized carbons (Fsp3) is 0.250. The Hall–Kier alpha value is -2.99. The monoisotopic (exact) mass is 349 g/mol. The highest BCUT2D eigenvalue weighted by molar-refractivity contribution is 6.04. The maximum absolute atomic E-state index is 13.3. The number of methoxy groups -OCH3 is 1. The van der Waals surface area contributed by atoms with Crippen LogP contribution in [0.2, 0.25) is 0 Å². The van der Waals surface area contributed by atoms with Gasteiger partial charge in [-0.3, -0.25) is 14.8 Å². The lowest BCUT2D eigenvalue weighted by Crippen LogP contribution is -2.32. The molecule has 3 aromatic rings. The SMILES string of the molecule is COc1cccc(C2CC(O)CN2C(=O)c2cccc3nccnc23)c1. The van der Waals surface area contributed by atoms with Crippen molar-refractivity contribution in [3.63, 3.8) is 0 Å².